The van der Waals surface area contributed by atoms with Crippen LogP contribution in [0.3, 0.4) is 0 Å². The van der Waals surface area contributed by atoms with Gasteiger partial charge in [0.05, 0.1) is 9.92 Å². The van der Waals surface area contributed by atoms with Crippen LogP contribution in [0.1, 0.15) is 39.5 Å². The van der Waals surface area contributed by atoms with Gasteiger partial charge in [0, 0.05) is 23.8 Å². The van der Waals surface area contributed by atoms with E-state index in [0.29, 0.717) is 13.1 Å². The molecule has 1 aromatic rings. The van der Waals surface area contributed by atoms with Crippen LogP contribution < -0.4 is 0 Å². The van der Waals surface area contributed by atoms with Crippen molar-refractivity contribution in [3.63, 3.8) is 0 Å². The molecule has 0 aromatic heterocycles. The van der Waals surface area contributed by atoms with Gasteiger partial charge in [-0.25, -0.2) is 16.8 Å². The van der Waals surface area contributed by atoms with E-state index >= 15 is 0 Å². The molecule has 0 saturated heterocycles. The van der Waals surface area contributed by atoms with Gasteiger partial charge >= 0.3 is 0 Å². The predicted octanol–water partition coefficient (Wildman–Crippen LogP) is 3.86. The Hall–Kier alpha value is -0.340. The van der Waals surface area contributed by atoms with Gasteiger partial charge in [0.15, 0.2) is 0 Å². The van der Waals surface area contributed by atoms with Crippen LogP contribution in [-0.4, -0.2) is 34.2 Å². The zero-order chi connectivity index (χ0) is 17.7. The van der Waals surface area contributed by atoms with E-state index in [9.17, 15) is 16.8 Å². The van der Waals surface area contributed by atoms with Gasteiger partial charge in [0.1, 0.15) is 4.90 Å². The Morgan fingerprint density at radius 3 is 1.91 bits per heavy atom. The molecule has 0 spiro atoms. The third-order valence-electron chi connectivity index (χ3n) is 3.32. The maximum absolute atomic E-state index is 12.8. The van der Waals surface area contributed by atoms with E-state index in [4.69, 9.17) is 22.3 Å². The molecular weight excluding hydrogens is 381 g/mol. The fraction of sp³-hybridized carbons (Fsp3) is 0.571. The fourth-order valence-electron chi connectivity index (χ4n) is 2.00. The summed E-state index contributed by atoms with van der Waals surface area (Å²) in [6, 6.07) is 3.41. The van der Waals surface area contributed by atoms with Gasteiger partial charge in [-0.15, -0.1) is 0 Å². The van der Waals surface area contributed by atoms with Crippen molar-refractivity contribution < 1.29 is 16.8 Å². The molecule has 1 rings (SSSR count). The molecule has 9 heteroatoms. The van der Waals surface area contributed by atoms with E-state index in [-0.39, 0.29) is 14.8 Å². The second-order valence-corrected chi connectivity index (χ2v) is 10.0. The third-order valence-corrected chi connectivity index (χ3v) is 7.06. The van der Waals surface area contributed by atoms with E-state index < -0.39 is 19.1 Å². The number of benzene rings is 1. The molecule has 0 bridgehead atoms. The summed E-state index contributed by atoms with van der Waals surface area (Å²) in [5.74, 6) is 0. The lowest BCUT2D eigenvalue weighted by atomic mass is 10.3. The van der Waals surface area contributed by atoms with Crippen LogP contribution in [0.5, 0.6) is 0 Å². The highest BCUT2D eigenvalue weighted by Gasteiger charge is 2.27. The highest BCUT2D eigenvalue weighted by Crippen LogP contribution is 2.29. The largest absolute Gasteiger partial charge is 0.261 e. The predicted molar refractivity (Wildman–Crippen MR) is 93.1 cm³/mol. The number of hydrogen-bond donors (Lipinski definition) is 0. The third kappa shape index (κ3) is 5.60. The molecule has 5 nitrogen and oxygen atoms in total. The van der Waals surface area contributed by atoms with Crippen LogP contribution in [-0.2, 0) is 19.1 Å². The molecule has 23 heavy (non-hydrogen) atoms. The van der Waals surface area contributed by atoms with Gasteiger partial charge in [0.25, 0.3) is 9.05 Å². The highest BCUT2D eigenvalue weighted by molar-refractivity contribution is 8.13. The second kappa shape index (κ2) is 8.67. The zero-order valence-corrected chi connectivity index (χ0v) is 16.3. The van der Waals surface area contributed by atoms with Crippen molar-refractivity contribution in [3.8, 4) is 0 Å². The van der Waals surface area contributed by atoms with Crippen LogP contribution in [0.2, 0.25) is 5.02 Å². The average Bonchev–Trinajstić information content (AvgIpc) is 2.45. The summed E-state index contributed by atoms with van der Waals surface area (Å²) in [6.07, 6.45) is 3.23. The van der Waals surface area contributed by atoms with E-state index in [1.54, 1.807) is 0 Å². The molecular formula is C14H21Cl2NO4S2. The van der Waals surface area contributed by atoms with Crippen molar-refractivity contribution in [1.29, 1.82) is 0 Å². The minimum absolute atomic E-state index is 0.101. The quantitative estimate of drug-likeness (QED) is 0.588. The maximum Gasteiger partial charge on any atom is 0.261 e. The molecule has 0 unspecified atom stereocenters. The zero-order valence-electron chi connectivity index (χ0n) is 13.1. The molecule has 0 atom stereocenters. The minimum atomic E-state index is -3.96. The Balaban J connectivity index is 3.23. The first-order valence-electron chi connectivity index (χ1n) is 7.39. The van der Waals surface area contributed by atoms with Crippen molar-refractivity contribution in [2.24, 2.45) is 0 Å². The van der Waals surface area contributed by atoms with Gasteiger partial charge in [0.2, 0.25) is 10.0 Å². The Morgan fingerprint density at radius 2 is 1.52 bits per heavy atom. The Kier molecular flexibility index (Phi) is 7.80. The number of halogens is 2. The summed E-state index contributed by atoms with van der Waals surface area (Å²) >= 11 is 6.00. The summed E-state index contributed by atoms with van der Waals surface area (Å²) in [6.45, 7) is 4.78. The summed E-state index contributed by atoms with van der Waals surface area (Å²) in [5, 5.41) is -0.148. The first-order valence-corrected chi connectivity index (χ1v) is 11.5. The van der Waals surface area contributed by atoms with Gasteiger partial charge in [-0.05, 0) is 31.0 Å². The van der Waals surface area contributed by atoms with Crippen LogP contribution >= 0.6 is 22.3 Å². The van der Waals surface area contributed by atoms with Crippen molar-refractivity contribution in [2.45, 2.75) is 49.3 Å². The van der Waals surface area contributed by atoms with Gasteiger partial charge in [-0.2, -0.15) is 4.31 Å². The summed E-state index contributed by atoms with van der Waals surface area (Å²) in [5.41, 5.74) is 0. The molecule has 0 fully saturated rings. The van der Waals surface area contributed by atoms with Crippen LogP contribution in [0.15, 0.2) is 28.0 Å². The standard InChI is InChI=1S/C14H21Cl2NO4S2/c1-3-5-9-17(10-6-4-2)23(20,21)14-8-7-12(11-13(14)15)22(16,18)19/h7-8,11H,3-6,9-10H2,1-2H3. The maximum atomic E-state index is 12.8. The lowest BCUT2D eigenvalue weighted by Gasteiger charge is -2.22. The Labute approximate surface area is 148 Å². The van der Waals surface area contributed by atoms with Gasteiger partial charge in [-0.3, -0.25) is 0 Å². The molecule has 132 valence electrons. The summed E-state index contributed by atoms with van der Waals surface area (Å²) < 4.78 is 49.6. The minimum Gasteiger partial charge on any atom is -0.207 e. The fourth-order valence-corrected chi connectivity index (χ4v) is 4.88. The molecule has 0 radical (unpaired) electrons. The molecule has 0 heterocycles. The monoisotopic (exact) mass is 401 g/mol. The highest BCUT2D eigenvalue weighted by atomic mass is 35.7. The number of rotatable bonds is 9. The van der Waals surface area contributed by atoms with Crippen LogP contribution in [0, 0.1) is 0 Å². The van der Waals surface area contributed by atoms with Crippen LogP contribution in [0.25, 0.3) is 0 Å². The number of unbranched alkanes of at least 4 members (excludes halogenated alkanes) is 2. The number of nitrogens with zero attached hydrogens (tertiary/aromatic N) is 1. The lowest BCUT2D eigenvalue weighted by molar-refractivity contribution is 0.395. The molecule has 0 amide bonds. The van der Waals surface area contributed by atoms with Crippen molar-refractivity contribution in [2.75, 3.05) is 13.1 Å². The van der Waals surface area contributed by atoms with E-state index in [1.807, 2.05) is 13.8 Å². The first kappa shape index (κ1) is 20.7. The Bertz CT molecular complexity index is 725. The van der Waals surface area contributed by atoms with Gasteiger partial charge in [-0.1, -0.05) is 38.3 Å². The SMILES string of the molecule is CCCCN(CCCC)S(=O)(=O)c1ccc(S(=O)(=O)Cl)cc1Cl. The lowest BCUT2D eigenvalue weighted by Crippen LogP contribution is -2.33. The van der Waals surface area contributed by atoms with E-state index in [1.165, 1.54) is 10.4 Å². The molecule has 0 aliphatic heterocycles. The second-order valence-electron chi connectivity index (χ2n) is 5.14. The van der Waals surface area contributed by atoms with E-state index in [0.717, 1.165) is 37.8 Å². The molecule has 1 aromatic carbocycles. The van der Waals surface area contributed by atoms with Crippen molar-refractivity contribution in [3.05, 3.63) is 23.2 Å². The van der Waals surface area contributed by atoms with Gasteiger partial charge < -0.3 is 0 Å². The summed E-state index contributed by atoms with van der Waals surface area (Å²) in [7, 11) is -2.48. The van der Waals surface area contributed by atoms with E-state index in [2.05, 4.69) is 0 Å². The molecule has 0 saturated carbocycles. The number of sulfonamides is 1. The van der Waals surface area contributed by atoms with Crippen molar-refractivity contribution in [1.82, 2.24) is 4.31 Å². The smallest absolute Gasteiger partial charge is 0.207 e. The summed E-state index contributed by atoms with van der Waals surface area (Å²) in [4.78, 5) is -0.327. The topological polar surface area (TPSA) is 71.5 Å². The normalized spacial score (nSPS) is 12.7. The first-order chi connectivity index (χ1) is 10.6. The van der Waals surface area contributed by atoms with Crippen molar-refractivity contribution >= 4 is 41.4 Å². The number of hydrogen-bond acceptors (Lipinski definition) is 4. The molecule has 0 aliphatic rings. The molecule has 0 aliphatic carbocycles. The Morgan fingerprint density at radius 1 is 1.00 bits per heavy atom. The van der Waals surface area contributed by atoms with Crippen LogP contribution in [0.4, 0.5) is 0 Å². The molecule has 0 N–H and O–H groups in total. The average molecular weight is 402 g/mol.